The van der Waals surface area contributed by atoms with E-state index in [9.17, 15) is 14.4 Å². The summed E-state index contributed by atoms with van der Waals surface area (Å²) in [6.45, 7) is 4.28. The van der Waals surface area contributed by atoms with Crippen LogP contribution in [-0.2, 0) is 9.59 Å². The van der Waals surface area contributed by atoms with Crippen LogP contribution in [0.2, 0.25) is 0 Å². The number of hydrogen-bond acceptors (Lipinski definition) is 6. The molecule has 3 amide bonds. The van der Waals surface area contributed by atoms with Crippen molar-refractivity contribution in [2.24, 2.45) is 5.92 Å². The molecule has 36 heavy (non-hydrogen) atoms. The van der Waals surface area contributed by atoms with Crippen molar-refractivity contribution in [3.05, 3.63) is 95.0 Å². The minimum Gasteiger partial charge on any atom is -0.497 e. The molecule has 0 bridgehead atoms. The summed E-state index contributed by atoms with van der Waals surface area (Å²) >= 11 is 1.23. The van der Waals surface area contributed by atoms with Crippen LogP contribution in [0, 0.1) is 5.92 Å². The van der Waals surface area contributed by atoms with Crippen LogP contribution in [0.15, 0.2) is 94.4 Å². The van der Waals surface area contributed by atoms with Crippen LogP contribution in [-0.4, -0.2) is 36.3 Å². The summed E-state index contributed by atoms with van der Waals surface area (Å²) in [5, 5.41) is 6.00. The van der Waals surface area contributed by atoms with Gasteiger partial charge < -0.3 is 15.4 Å². The van der Waals surface area contributed by atoms with Gasteiger partial charge in [-0.2, -0.15) is 0 Å². The minimum atomic E-state index is -0.331. The molecule has 0 aliphatic carbocycles. The molecular weight excluding hydrogens is 474 g/mol. The third-order valence-electron chi connectivity index (χ3n) is 5.38. The van der Waals surface area contributed by atoms with E-state index in [1.165, 1.54) is 16.7 Å². The monoisotopic (exact) mass is 501 g/mol. The second kappa shape index (κ2) is 11.1. The number of anilines is 2. The lowest BCUT2D eigenvalue weighted by molar-refractivity contribution is -0.137. The first-order valence-corrected chi connectivity index (χ1v) is 12.3. The molecule has 1 heterocycles. The van der Waals surface area contributed by atoms with Gasteiger partial charge in [0.2, 0.25) is 0 Å². The maximum Gasteiger partial charge on any atom is 0.278 e. The average molecular weight is 502 g/mol. The van der Waals surface area contributed by atoms with Crippen molar-refractivity contribution in [3.8, 4) is 5.75 Å². The Labute approximate surface area is 214 Å². The Morgan fingerprint density at radius 2 is 1.64 bits per heavy atom. The minimum absolute atomic E-state index is 0.146. The molecule has 0 aromatic heterocycles. The van der Waals surface area contributed by atoms with Gasteiger partial charge in [-0.05, 0) is 60.5 Å². The number of amides is 3. The zero-order valence-corrected chi connectivity index (χ0v) is 21.1. The molecule has 7 nitrogen and oxygen atoms in total. The molecule has 3 aromatic rings. The highest BCUT2D eigenvalue weighted by molar-refractivity contribution is 8.04. The molecule has 0 fully saturated rings. The quantitative estimate of drug-likeness (QED) is 0.383. The van der Waals surface area contributed by atoms with E-state index >= 15 is 0 Å². The van der Waals surface area contributed by atoms with Gasteiger partial charge in [-0.3, -0.25) is 19.3 Å². The maximum atomic E-state index is 13.2. The summed E-state index contributed by atoms with van der Waals surface area (Å²) < 4.78 is 5.18. The summed E-state index contributed by atoms with van der Waals surface area (Å²) in [4.78, 5) is 41.3. The average Bonchev–Trinajstić information content (AvgIpc) is 3.09. The number of nitrogens with one attached hydrogen (secondary N) is 2. The maximum absolute atomic E-state index is 13.2. The Balaban J connectivity index is 1.53. The molecule has 0 radical (unpaired) electrons. The zero-order chi connectivity index (χ0) is 25.7. The van der Waals surface area contributed by atoms with Crippen LogP contribution in [0.25, 0.3) is 0 Å². The summed E-state index contributed by atoms with van der Waals surface area (Å²) in [7, 11) is 1.55. The van der Waals surface area contributed by atoms with Crippen LogP contribution >= 0.6 is 11.8 Å². The number of carbonyl (C=O) groups excluding carboxylic acids is 3. The van der Waals surface area contributed by atoms with Gasteiger partial charge in [0, 0.05) is 28.4 Å². The second-order valence-electron chi connectivity index (χ2n) is 8.62. The Morgan fingerprint density at radius 3 is 2.31 bits per heavy atom. The fourth-order valence-electron chi connectivity index (χ4n) is 3.65. The van der Waals surface area contributed by atoms with Crippen molar-refractivity contribution in [3.63, 3.8) is 0 Å². The van der Waals surface area contributed by atoms with Gasteiger partial charge in [-0.25, -0.2) is 0 Å². The van der Waals surface area contributed by atoms with E-state index in [0.717, 1.165) is 10.6 Å². The molecule has 1 aliphatic rings. The van der Waals surface area contributed by atoms with Gasteiger partial charge >= 0.3 is 0 Å². The number of rotatable bonds is 9. The molecule has 0 saturated heterocycles. The first-order chi connectivity index (χ1) is 17.4. The van der Waals surface area contributed by atoms with Crippen molar-refractivity contribution in [2.75, 3.05) is 24.3 Å². The van der Waals surface area contributed by atoms with Crippen molar-refractivity contribution < 1.29 is 19.1 Å². The van der Waals surface area contributed by atoms with Gasteiger partial charge in [-0.15, -0.1) is 0 Å². The SMILES string of the molecule is COc1cccc(C(=O)Nc2ccc(SC3=C(Nc4ccccc4)C(=O)N(CC(C)C)C3=O)cc2)c1. The molecule has 4 rings (SSSR count). The molecule has 2 N–H and O–H groups in total. The summed E-state index contributed by atoms with van der Waals surface area (Å²) in [5.41, 5.74) is 2.09. The first kappa shape index (κ1) is 25.1. The highest BCUT2D eigenvalue weighted by atomic mass is 32.2. The smallest absolute Gasteiger partial charge is 0.278 e. The van der Waals surface area contributed by atoms with E-state index in [2.05, 4.69) is 10.6 Å². The molecule has 0 saturated carbocycles. The lowest BCUT2D eigenvalue weighted by atomic mass is 10.2. The third kappa shape index (κ3) is 5.78. The van der Waals surface area contributed by atoms with E-state index in [0.29, 0.717) is 28.5 Å². The fourth-order valence-corrected chi connectivity index (χ4v) is 4.59. The van der Waals surface area contributed by atoms with Crippen molar-refractivity contribution in [1.82, 2.24) is 4.90 Å². The number of benzene rings is 3. The predicted molar refractivity (Wildman–Crippen MR) is 142 cm³/mol. The first-order valence-electron chi connectivity index (χ1n) is 11.5. The molecule has 1 aliphatic heterocycles. The Morgan fingerprint density at radius 1 is 0.917 bits per heavy atom. The number of hydrogen-bond donors (Lipinski definition) is 2. The normalized spacial score (nSPS) is 13.4. The summed E-state index contributed by atoms with van der Waals surface area (Å²) in [6, 6.07) is 23.3. The van der Waals surface area contributed by atoms with Crippen LogP contribution in [0.5, 0.6) is 5.75 Å². The van der Waals surface area contributed by atoms with E-state index in [1.54, 1.807) is 43.5 Å². The van der Waals surface area contributed by atoms with E-state index in [1.807, 2.05) is 56.3 Å². The van der Waals surface area contributed by atoms with E-state index in [-0.39, 0.29) is 29.3 Å². The molecule has 0 unspecified atom stereocenters. The molecule has 0 atom stereocenters. The van der Waals surface area contributed by atoms with Crippen LogP contribution < -0.4 is 15.4 Å². The van der Waals surface area contributed by atoms with Gasteiger partial charge in [0.15, 0.2) is 0 Å². The molecule has 0 spiro atoms. The number of nitrogens with zero attached hydrogens (tertiary/aromatic N) is 1. The zero-order valence-electron chi connectivity index (χ0n) is 20.3. The van der Waals surface area contributed by atoms with Gasteiger partial charge in [0.25, 0.3) is 17.7 Å². The van der Waals surface area contributed by atoms with Crippen LogP contribution in [0.1, 0.15) is 24.2 Å². The number of para-hydroxylation sites is 1. The van der Waals surface area contributed by atoms with E-state index < -0.39 is 0 Å². The fraction of sp³-hybridized carbons (Fsp3) is 0.179. The number of carbonyl (C=O) groups is 3. The van der Waals surface area contributed by atoms with Crippen molar-refractivity contribution in [2.45, 2.75) is 18.7 Å². The number of methoxy groups -OCH3 is 1. The van der Waals surface area contributed by atoms with Crippen molar-refractivity contribution in [1.29, 1.82) is 0 Å². The standard InChI is InChI=1S/C28H27N3O4S/c1-18(2)17-31-27(33)24(29-20-9-5-4-6-10-20)25(28(31)34)36-23-14-12-21(13-15-23)30-26(32)19-8-7-11-22(16-19)35-3/h4-16,18,29H,17H2,1-3H3,(H,30,32). The van der Waals surface area contributed by atoms with Crippen LogP contribution in [0.3, 0.4) is 0 Å². The Kier molecular flexibility index (Phi) is 7.75. The Bertz CT molecular complexity index is 1300. The van der Waals surface area contributed by atoms with Gasteiger partial charge in [0.1, 0.15) is 16.4 Å². The largest absolute Gasteiger partial charge is 0.497 e. The Hall–Kier alpha value is -4.04. The molecule has 184 valence electrons. The second-order valence-corrected chi connectivity index (χ2v) is 9.71. The molecule has 3 aromatic carbocycles. The number of imide groups is 1. The predicted octanol–water partition coefficient (Wildman–Crippen LogP) is 5.39. The third-order valence-corrected chi connectivity index (χ3v) is 6.47. The highest BCUT2D eigenvalue weighted by Gasteiger charge is 2.39. The lowest BCUT2D eigenvalue weighted by Gasteiger charge is -2.17. The van der Waals surface area contributed by atoms with Crippen molar-refractivity contribution >= 4 is 40.9 Å². The van der Waals surface area contributed by atoms with Crippen LogP contribution in [0.4, 0.5) is 11.4 Å². The van der Waals surface area contributed by atoms with Gasteiger partial charge in [0.05, 0.1) is 7.11 Å². The van der Waals surface area contributed by atoms with E-state index in [4.69, 9.17) is 4.74 Å². The molecular formula is C28H27N3O4S. The number of thioether (sulfide) groups is 1. The summed E-state index contributed by atoms with van der Waals surface area (Å²) in [5.74, 6) is -0.153. The van der Waals surface area contributed by atoms with Gasteiger partial charge in [-0.1, -0.05) is 49.9 Å². The summed E-state index contributed by atoms with van der Waals surface area (Å²) in [6.07, 6.45) is 0. The topological polar surface area (TPSA) is 87.7 Å². The number of ether oxygens (including phenoxy) is 1. The highest BCUT2D eigenvalue weighted by Crippen LogP contribution is 2.36. The molecule has 8 heteroatoms. The lowest BCUT2D eigenvalue weighted by Crippen LogP contribution is -2.35.